The molecule has 28 heavy (non-hydrogen) atoms. The van der Waals surface area contributed by atoms with E-state index in [1.807, 2.05) is 0 Å². The minimum absolute atomic E-state index is 0.0389. The van der Waals surface area contributed by atoms with Crippen LogP contribution in [0.3, 0.4) is 0 Å². The quantitative estimate of drug-likeness (QED) is 0.599. The Morgan fingerprint density at radius 1 is 1.43 bits per heavy atom. The fourth-order valence-corrected chi connectivity index (χ4v) is 4.28. The van der Waals surface area contributed by atoms with Crippen molar-refractivity contribution in [1.82, 2.24) is 15.3 Å². The third-order valence-corrected chi connectivity index (χ3v) is 5.85. The van der Waals surface area contributed by atoms with Crippen molar-refractivity contribution in [3.63, 3.8) is 0 Å². The molecule has 1 aliphatic heterocycles. The number of carboxylic acids is 1. The number of halogens is 1. The highest BCUT2D eigenvalue weighted by Gasteiger charge is 2.21. The number of hydrogen-bond donors (Lipinski definition) is 3. The van der Waals surface area contributed by atoms with Crippen LogP contribution in [0.5, 0.6) is 5.75 Å². The van der Waals surface area contributed by atoms with E-state index in [-0.39, 0.29) is 11.0 Å². The summed E-state index contributed by atoms with van der Waals surface area (Å²) in [6.45, 7) is 3.39. The number of aryl methyl sites for hydroxylation is 1. The molecule has 3 aromatic rings. The van der Waals surface area contributed by atoms with Gasteiger partial charge >= 0.3 is 5.97 Å². The molecule has 2 aromatic heterocycles. The number of carbonyl (C=O) groups is 1. The smallest absolute Gasteiger partial charge is 0.346 e. The lowest BCUT2D eigenvalue weighted by atomic mass is 10.1. The molecule has 3 heterocycles. The fourth-order valence-electron chi connectivity index (χ4n) is 3.29. The Morgan fingerprint density at radius 2 is 2.29 bits per heavy atom. The van der Waals surface area contributed by atoms with E-state index < -0.39 is 11.8 Å². The van der Waals surface area contributed by atoms with Crippen LogP contribution >= 0.6 is 11.3 Å². The summed E-state index contributed by atoms with van der Waals surface area (Å²) < 4.78 is 19.9. The molecule has 0 amide bonds. The van der Waals surface area contributed by atoms with E-state index >= 15 is 0 Å². The van der Waals surface area contributed by atoms with Crippen molar-refractivity contribution in [1.29, 1.82) is 0 Å². The first kappa shape index (κ1) is 18.6. The number of anilines is 2. The molecule has 3 N–H and O–H groups in total. The van der Waals surface area contributed by atoms with E-state index in [1.165, 1.54) is 18.5 Å². The van der Waals surface area contributed by atoms with Crippen LogP contribution < -0.4 is 15.4 Å². The summed E-state index contributed by atoms with van der Waals surface area (Å²) in [6.07, 6.45) is 3.23. The topological polar surface area (TPSA) is 96.4 Å². The molecule has 1 saturated heterocycles. The van der Waals surface area contributed by atoms with Crippen molar-refractivity contribution in [2.24, 2.45) is 0 Å². The van der Waals surface area contributed by atoms with Crippen LogP contribution in [0.1, 0.15) is 28.1 Å². The first-order chi connectivity index (χ1) is 13.5. The molecule has 0 radical (unpaired) electrons. The highest BCUT2D eigenvalue weighted by molar-refractivity contribution is 7.20. The van der Waals surface area contributed by atoms with Crippen LogP contribution in [-0.2, 0) is 0 Å². The second kappa shape index (κ2) is 7.69. The van der Waals surface area contributed by atoms with Gasteiger partial charge in [0.1, 0.15) is 39.5 Å². The van der Waals surface area contributed by atoms with Gasteiger partial charge in [0.15, 0.2) is 0 Å². The summed E-state index contributed by atoms with van der Waals surface area (Å²) in [5.74, 6) is -0.532. The monoisotopic (exact) mass is 402 g/mol. The predicted octanol–water partition coefficient (Wildman–Crippen LogP) is 3.71. The number of aromatic carboxylic acids is 1. The molecule has 0 saturated carbocycles. The molecule has 1 unspecified atom stereocenters. The van der Waals surface area contributed by atoms with Gasteiger partial charge in [-0.3, -0.25) is 0 Å². The van der Waals surface area contributed by atoms with Crippen LogP contribution in [0.15, 0.2) is 24.5 Å². The maximum absolute atomic E-state index is 13.8. The van der Waals surface area contributed by atoms with Crippen LogP contribution in [0, 0.1) is 12.7 Å². The van der Waals surface area contributed by atoms with Crippen LogP contribution in [0.25, 0.3) is 10.2 Å². The number of thiophene rings is 1. The summed E-state index contributed by atoms with van der Waals surface area (Å²) in [4.78, 5) is 20.7. The lowest BCUT2D eigenvalue weighted by molar-refractivity contribution is 0.0701. The molecule has 146 valence electrons. The van der Waals surface area contributed by atoms with Gasteiger partial charge in [0.05, 0.1) is 11.1 Å². The van der Waals surface area contributed by atoms with Crippen molar-refractivity contribution in [2.75, 3.05) is 18.4 Å². The van der Waals surface area contributed by atoms with Crippen LogP contribution in [0.4, 0.5) is 15.9 Å². The Hall–Kier alpha value is -2.78. The number of nitrogens with one attached hydrogen (secondary N) is 2. The third-order valence-electron chi connectivity index (χ3n) is 4.66. The van der Waals surface area contributed by atoms with Crippen LogP contribution in [-0.4, -0.2) is 40.2 Å². The minimum Gasteiger partial charge on any atom is -0.487 e. The zero-order chi connectivity index (χ0) is 19.7. The largest absolute Gasteiger partial charge is 0.487 e. The molecule has 1 fully saturated rings. The fraction of sp³-hybridized carbons (Fsp3) is 0.316. The summed E-state index contributed by atoms with van der Waals surface area (Å²) in [6, 6.07) is 4.28. The second-order valence-corrected chi connectivity index (χ2v) is 7.61. The number of aromatic nitrogens is 2. The Bertz CT molecular complexity index is 1030. The molecule has 1 atom stereocenters. The van der Waals surface area contributed by atoms with Crippen molar-refractivity contribution >= 4 is 39.0 Å². The molecule has 0 bridgehead atoms. The SMILES string of the molecule is Cc1c(C(=O)O)sc2ncnc(Nc3ccc(F)cc3OC3CCCNC3)c12. The Labute approximate surface area is 164 Å². The van der Waals surface area contributed by atoms with E-state index in [1.54, 1.807) is 13.0 Å². The number of nitrogens with zero attached hydrogens (tertiary/aromatic N) is 2. The van der Waals surface area contributed by atoms with E-state index in [0.29, 0.717) is 39.6 Å². The van der Waals surface area contributed by atoms with Gasteiger partial charge < -0.3 is 20.5 Å². The predicted molar refractivity (Wildman–Crippen MR) is 105 cm³/mol. The first-order valence-electron chi connectivity index (χ1n) is 8.94. The average Bonchev–Trinajstić information content (AvgIpc) is 3.03. The highest BCUT2D eigenvalue weighted by Crippen LogP contribution is 2.36. The van der Waals surface area contributed by atoms with Gasteiger partial charge in [-0.05, 0) is 44.0 Å². The van der Waals surface area contributed by atoms with E-state index in [2.05, 4.69) is 20.6 Å². The number of ether oxygens (including phenoxy) is 1. The standard InChI is InChI=1S/C19H19FN4O3S/c1-10-15-17(22-9-23-18(15)28-16(10)19(25)26)24-13-5-4-11(20)7-14(13)27-12-3-2-6-21-8-12/h4-5,7,9,12,21H,2-3,6,8H2,1H3,(H,25,26)(H,22,23,24). The van der Waals surface area contributed by atoms with Gasteiger partial charge in [0.25, 0.3) is 0 Å². The van der Waals surface area contributed by atoms with Gasteiger partial charge in [-0.1, -0.05) is 0 Å². The average molecular weight is 402 g/mol. The number of hydrogen-bond acceptors (Lipinski definition) is 7. The molecule has 0 aliphatic carbocycles. The molecule has 4 rings (SSSR count). The molecular formula is C19H19FN4O3S. The van der Waals surface area contributed by atoms with E-state index in [4.69, 9.17) is 4.74 Å². The van der Waals surface area contributed by atoms with E-state index in [0.717, 1.165) is 30.7 Å². The minimum atomic E-state index is -0.998. The van der Waals surface area contributed by atoms with Crippen molar-refractivity contribution in [3.8, 4) is 5.75 Å². The zero-order valence-corrected chi connectivity index (χ0v) is 16.0. The Balaban J connectivity index is 1.70. The number of carboxylic acid groups (broad SMARTS) is 1. The zero-order valence-electron chi connectivity index (χ0n) is 15.2. The summed E-state index contributed by atoms with van der Waals surface area (Å²) >= 11 is 1.10. The van der Waals surface area contributed by atoms with Crippen molar-refractivity contribution in [2.45, 2.75) is 25.9 Å². The van der Waals surface area contributed by atoms with Gasteiger partial charge in [-0.15, -0.1) is 11.3 Å². The van der Waals surface area contributed by atoms with Gasteiger partial charge in [-0.25, -0.2) is 19.2 Å². The number of rotatable bonds is 5. The molecule has 0 spiro atoms. The maximum Gasteiger partial charge on any atom is 0.346 e. The molecular weight excluding hydrogens is 383 g/mol. The molecule has 1 aliphatic rings. The van der Waals surface area contributed by atoms with Crippen molar-refractivity contribution in [3.05, 3.63) is 40.8 Å². The Kier molecular flexibility index (Phi) is 5.10. The third kappa shape index (κ3) is 3.63. The second-order valence-electron chi connectivity index (χ2n) is 6.62. The lowest BCUT2D eigenvalue weighted by Gasteiger charge is -2.25. The Morgan fingerprint density at radius 3 is 3.04 bits per heavy atom. The van der Waals surface area contributed by atoms with Crippen LogP contribution in [0.2, 0.25) is 0 Å². The number of fused-ring (bicyclic) bond motifs is 1. The number of piperidine rings is 1. The molecule has 1 aromatic carbocycles. The highest BCUT2D eigenvalue weighted by atomic mass is 32.1. The first-order valence-corrected chi connectivity index (χ1v) is 9.76. The van der Waals surface area contributed by atoms with Gasteiger partial charge in [0.2, 0.25) is 0 Å². The van der Waals surface area contributed by atoms with E-state index in [9.17, 15) is 14.3 Å². The summed E-state index contributed by atoms with van der Waals surface area (Å²) in [5.41, 5.74) is 1.16. The summed E-state index contributed by atoms with van der Waals surface area (Å²) in [5, 5.41) is 16.5. The van der Waals surface area contributed by atoms with Gasteiger partial charge in [0, 0.05) is 12.6 Å². The molecule has 7 nitrogen and oxygen atoms in total. The maximum atomic E-state index is 13.8. The lowest BCUT2D eigenvalue weighted by Crippen LogP contribution is -2.37. The summed E-state index contributed by atoms with van der Waals surface area (Å²) in [7, 11) is 0. The normalized spacial score (nSPS) is 16.9. The van der Waals surface area contributed by atoms with Crippen molar-refractivity contribution < 1.29 is 19.0 Å². The molecule has 9 heteroatoms. The van der Waals surface area contributed by atoms with Gasteiger partial charge in [-0.2, -0.15) is 0 Å². The number of benzene rings is 1.